The molecule has 1 aromatic rings. The Balaban J connectivity index is 2.05. The third kappa shape index (κ3) is 1.78. The number of sulfonamides is 1. The lowest BCUT2D eigenvalue weighted by atomic mass is 10.0. The van der Waals surface area contributed by atoms with Gasteiger partial charge in [-0.3, -0.25) is 4.31 Å². The van der Waals surface area contributed by atoms with E-state index < -0.39 is 10.0 Å². The number of nitrogens with two attached hydrogens (primary N) is 1. The molecule has 1 aliphatic carbocycles. The molecule has 0 atom stereocenters. The number of benzene rings is 1. The van der Waals surface area contributed by atoms with Gasteiger partial charge < -0.3 is 5.73 Å². The summed E-state index contributed by atoms with van der Waals surface area (Å²) in [5.74, 6) is 0. The molecule has 4 nitrogen and oxygen atoms in total. The smallest absolute Gasteiger partial charge is 0.238 e. The van der Waals surface area contributed by atoms with Gasteiger partial charge in [0.05, 0.1) is 10.9 Å². The van der Waals surface area contributed by atoms with E-state index in [1.165, 1.54) is 0 Å². The minimum atomic E-state index is -3.12. The van der Waals surface area contributed by atoms with Crippen LogP contribution in [-0.2, 0) is 16.4 Å². The first-order chi connectivity index (χ1) is 8.09. The lowest BCUT2D eigenvalue weighted by Crippen LogP contribution is -2.37. The van der Waals surface area contributed by atoms with E-state index >= 15 is 0 Å². The van der Waals surface area contributed by atoms with Crippen molar-refractivity contribution in [1.29, 1.82) is 0 Å². The first kappa shape index (κ1) is 10.9. The summed E-state index contributed by atoms with van der Waals surface area (Å²) in [6.45, 7) is 0.607. The zero-order chi connectivity index (χ0) is 12.0. The van der Waals surface area contributed by atoms with Crippen LogP contribution in [0.5, 0.6) is 0 Å². The molecule has 0 spiro atoms. The van der Waals surface area contributed by atoms with Crippen LogP contribution in [0, 0.1) is 0 Å². The maximum absolute atomic E-state index is 12.3. The Bertz CT molecular complexity index is 550. The Morgan fingerprint density at radius 3 is 2.76 bits per heavy atom. The third-order valence-corrected chi connectivity index (χ3v) is 5.74. The monoisotopic (exact) mass is 252 g/mol. The fourth-order valence-corrected chi connectivity index (χ4v) is 4.32. The molecule has 2 aliphatic rings. The summed E-state index contributed by atoms with van der Waals surface area (Å²) in [5, 5.41) is -0.147. The summed E-state index contributed by atoms with van der Waals surface area (Å²) in [5.41, 5.74) is 8.33. The third-order valence-electron chi connectivity index (χ3n) is 3.43. The molecule has 5 heteroatoms. The summed E-state index contributed by atoms with van der Waals surface area (Å²) >= 11 is 0. The second-order valence-electron chi connectivity index (χ2n) is 4.81. The van der Waals surface area contributed by atoms with Crippen LogP contribution in [-0.4, -0.2) is 20.2 Å². The van der Waals surface area contributed by atoms with Crippen LogP contribution >= 0.6 is 0 Å². The van der Waals surface area contributed by atoms with Crippen molar-refractivity contribution in [2.24, 2.45) is 0 Å². The highest BCUT2D eigenvalue weighted by molar-refractivity contribution is 7.93. The van der Waals surface area contributed by atoms with Gasteiger partial charge in [-0.2, -0.15) is 0 Å². The summed E-state index contributed by atoms with van der Waals surface area (Å²) in [7, 11) is -3.12. The predicted molar refractivity (Wildman–Crippen MR) is 68.5 cm³/mol. The molecule has 0 saturated heterocycles. The maximum Gasteiger partial charge on any atom is 0.238 e. The quantitative estimate of drug-likeness (QED) is 0.812. The zero-order valence-electron chi connectivity index (χ0n) is 9.59. The van der Waals surface area contributed by atoms with Gasteiger partial charge in [-0.25, -0.2) is 8.42 Å². The molecule has 0 unspecified atom stereocenters. The van der Waals surface area contributed by atoms with Gasteiger partial charge in [0.2, 0.25) is 10.0 Å². The fourth-order valence-electron chi connectivity index (χ4n) is 2.39. The fraction of sp³-hybridized carbons (Fsp3) is 0.500. The molecule has 0 bridgehead atoms. The molecule has 0 aromatic heterocycles. The number of hydrogen-bond donors (Lipinski definition) is 1. The van der Waals surface area contributed by atoms with Gasteiger partial charge in [0, 0.05) is 12.2 Å². The van der Waals surface area contributed by atoms with Crippen molar-refractivity contribution in [1.82, 2.24) is 0 Å². The molecule has 1 aromatic carbocycles. The van der Waals surface area contributed by atoms with E-state index in [9.17, 15) is 8.42 Å². The van der Waals surface area contributed by atoms with Crippen LogP contribution in [0.3, 0.4) is 0 Å². The summed E-state index contributed by atoms with van der Waals surface area (Å²) in [4.78, 5) is 0. The van der Waals surface area contributed by atoms with Crippen LogP contribution in [0.15, 0.2) is 18.2 Å². The SMILES string of the molecule is Nc1ccc2c(c1)CCCN2S(=O)(=O)C1CC1. The van der Waals surface area contributed by atoms with Gasteiger partial charge in [0.25, 0.3) is 0 Å². The van der Waals surface area contributed by atoms with Crippen molar-refractivity contribution >= 4 is 21.4 Å². The Kier molecular flexibility index (Phi) is 2.33. The molecule has 0 amide bonds. The molecule has 17 heavy (non-hydrogen) atoms. The van der Waals surface area contributed by atoms with Crippen molar-refractivity contribution in [3.8, 4) is 0 Å². The maximum atomic E-state index is 12.3. The van der Waals surface area contributed by atoms with E-state index in [2.05, 4.69) is 0 Å². The first-order valence-electron chi connectivity index (χ1n) is 5.99. The lowest BCUT2D eigenvalue weighted by Gasteiger charge is -2.30. The largest absolute Gasteiger partial charge is 0.399 e. The average Bonchev–Trinajstić information content (AvgIpc) is 3.11. The van der Waals surface area contributed by atoms with Crippen LogP contribution < -0.4 is 10.0 Å². The highest BCUT2D eigenvalue weighted by atomic mass is 32.2. The zero-order valence-corrected chi connectivity index (χ0v) is 10.4. The van der Waals surface area contributed by atoms with Crippen molar-refractivity contribution in [2.45, 2.75) is 30.9 Å². The number of anilines is 2. The number of nitrogens with zero attached hydrogens (tertiary/aromatic N) is 1. The van der Waals surface area contributed by atoms with Gasteiger partial charge >= 0.3 is 0 Å². The molecule has 0 radical (unpaired) electrons. The molecule has 3 rings (SSSR count). The lowest BCUT2D eigenvalue weighted by molar-refractivity contribution is 0.585. The van der Waals surface area contributed by atoms with Gasteiger partial charge in [-0.1, -0.05) is 0 Å². The van der Waals surface area contributed by atoms with E-state index in [4.69, 9.17) is 5.73 Å². The number of rotatable bonds is 2. The van der Waals surface area contributed by atoms with Crippen molar-refractivity contribution < 1.29 is 8.42 Å². The van der Waals surface area contributed by atoms with Gasteiger partial charge in [-0.15, -0.1) is 0 Å². The second-order valence-corrected chi connectivity index (χ2v) is 6.95. The van der Waals surface area contributed by atoms with Gasteiger partial charge in [0.15, 0.2) is 0 Å². The predicted octanol–water partition coefficient (Wildman–Crippen LogP) is 1.51. The van der Waals surface area contributed by atoms with Gasteiger partial charge in [-0.05, 0) is 49.4 Å². The number of aryl methyl sites for hydroxylation is 1. The molecule has 1 saturated carbocycles. The van der Waals surface area contributed by atoms with Crippen LogP contribution in [0.4, 0.5) is 11.4 Å². The molecule has 1 fully saturated rings. The Labute approximate surface area is 101 Å². The van der Waals surface area contributed by atoms with Crippen molar-refractivity contribution in [3.63, 3.8) is 0 Å². The molecule has 2 N–H and O–H groups in total. The molecular weight excluding hydrogens is 236 g/mol. The Morgan fingerprint density at radius 1 is 1.29 bits per heavy atom. The normalized spacial score (nSPS) is 20.1. The second kappa shape index (κ2) is 3.63. The van der Waals surface area contributed by atoms with E-state index in [0.29, 0.717) is 12.2 Å². The molecule has 1 heterocycles. The number of fused-ring (bicyclic) bond motifs is 1. The Morgan fingerprint density at radius 2 is 2.06 bits per heavy atom. The van der Waals surface area contributed by atoms with Crippen LogP contribution in [0.2, 0.25) is 0 Å². The summed E-state index contributed by atoms with van der Waals surface area (Å²) < 4.78 is 26.2. The minimum absolute atomic E-state index is 0.147. The molecule has 92 valence electrons. The van der Waals surface area contributed by atoms with E-state index in [1.807, 2.05) is 12.1 Å². The van der Waals surface area contributed by atoms with Crippen molar-refractivity contribution in [2.75, 3.05) is 16.6 Å². The highest BCUT2D eigenvalue weighted by Gasteiger charge is 2.41. The average molecular weight is 252 g/mol. The van der Waals surface area contributed by atoms with Crippen LogP contribution in [0.1, 0.15) is 24.8 Å². The molecule has 1 aliphatic heterocycles. The van der Waals surface area contributed by atoms with E-state index in [0.717, 1.165) is 36.9 Å². The highest BCUT2D eigenvalue weighted by Crippen LogP contribution is 2.37. The Hall–Kier alpha value is -1.23. The summed E-state index contributed by atoms with van der Waals surface area (Å²) in [6, 6.07) is 5.51. The first-order valence-corrected chi connectivity index (χ1v) is 7.49. The van der Waals surface area contributed by atoms with Gasteiger partial charge in [0.1, 0.15) is 0 Å². The standard InChI is InChI=1S/C12H16N2O2S/c13-10-3-6-12-9(8-10)2-1-7-14(12)17(15,16)11-4-5-11/h3,6,8,11H,1-2,4-5,7,13H2. The number of hydrogen-bond acceptors (Lipinski definition) is 3. The number of nitrogen functional groups attached to an aromatic ring is 1. The summed E-state index contributed by atoms with van der Waals surface area (Å²) in [6.07, 6.45) is 3.41. The minimum Gasteiger partial charge on any atom is -0.399 e. The topological polar surface area (TPSA) is 63.4 Å². The van der Waals surface area contributed by atoms with Crippen molar-refractivity contribution in [3.05, 3.63) is 23.8 Å². The van der Waals surface area contributed by atoms with E-state index in [-0.39, 0.29) is 5.25 Å². The van der Waals surface area contributed by atoms with E-state index in [1.54, 1.807) is 10.4 Å². The van der Waals surface area contributed by atoms with Crippen LogP contribution in [0.25, 0.3) is 0 Å². The molecular formula is C12H16N2O2S.